The number of carbonyl (C=O) groups is 1. The van der Waals surface area contributed by atoms with Crippen LogP contribution in [0, 0.1) is 5.92 Å². The molecule has 4 aromatic rings. The average Bonchev–Trinajstić information content (AvgIpc) is 3.21. The standard InChI is InChI=1S/C22H19N5O3S2/c28-20-10-17(18(20)12-25-22-26-19-7-9-24-13-21(19)31-22)14-3-5-16(6-4-14)32(29,30)27-15-2-1-8-23-11-15/h1-9,11,13,17-18,27H,10,12H2,(H,25,26). The van der Waals surface area contributed by atoms with Crippen molar-refractivity contribution in [3.05, 3.63) is 72.8 Å². The van der Waals surface area contributed by atoms with Crippen molar-refractivity contribution in [3.63, 3.8) is 0 Å². The lowest BCUT2D eigenvalue weighted by atomic mass is 9.69. The Morgan fingerprint density at radius 2 is 1.84 bits per heavy atom. The number of Topliss-reactive ketones (excluding diaryl/α,β-unsaturated/α-hetero) is 1. The Hall–Kier alpha value is -3.37. The number of hydrogen-bond acceptors (Lipinski definition) is 8. The predicted molar refractivity (Wildman–Crippen MR) is 123 cm³/mol. The molecule has 3 heterocycles. The second kappa shape index (κ2) is 8.29. The monoisotopic (exact) mass is 465 g/mol. The number of fused-ring (bicyclic) bond motifs is 1. The fraction of sp³-hybridized carbons (Fsp3) is 0.182. The first-order chi connectivity index (χ1) is 15.5. The summed E-state index contributed by atoms with van der Waals surface area (Å²) in [6.45, 7) is 0.485. The zero-order valence-electron chi connectivity index (χ0n) is 16.8. The van der Waals surface area contributed by atoms with E-state index in [-0.39, 0.29) is 22.5 Å². The van der Waals surface area contributed by atoms with Crippen molar-refractivity contribution in [1.82, 2.24) is 15.0 Å². The number of sulfonamides is 1. The Bertz CT molecular complexity index is 1340. The van der Waals surface area contributed by atoms with Crippen LogP contribution in [0.3, 0.4) is 0 Å². The van der Waals surface area contributed by atoms with Crippen LogP contribution in [0.4, 0.5) is 10.8 Å². The van der Waals surface area contributed by atoms with E-state index >= 15 is 0 Å². The summed E-state index contributed by atoms with van der Waals surface area (Å²) in [5.74, 6) is 0.0745. The van der Waals surface area contributed by atoms with Gasteiger partial charge in [0.15, 0.2) is 5.13 Å². The molecule has 10 heteroatoms. The molecule has 1 aromatic carbocycles. The third kappa shape index (κ3) is 4.06. The molecule has 0 saturated heterocycles. The Morgan fingerprint density at radius 1 is 1.03 bits per heavy atom. The van der Waals surface area contributed by atoms with Gasteiger partial charge in [-0.05, 0) is 35.9 Å². The first kappa shape index (κ1) is 20.5. The number of carbonyl (C=O) groups excluding carboxylic acids is 1. The number of aromatic nitrogens is 3. The molecule has 1 aliphatic carbocycles. The summed E-state index contributed by atoms with van der Waals surface area (Å²) in [4.78, 5) is 24.9. The third-order valence-electron chi connectivity index (χ3n) is 5.52. The minimum Gasteiger partial charge on any atom is -0.361 e. The van der Waals surface area contributed by atoms with Crippen LogP contribution in [0.5, 0.6) is 0 Å². The molecule has 162 valence electrons. The van der Waals surface area contributed by atoms with Gasteiger partial charge in [-0.15, -0.1) is 0 Å². The van der Waals surface area contributed by atoms with Crippen LogP contribution in [-0.2, 0) is 14.8 Å². The zero-order chi connectivity index (χ0) is 22.1. The zero-order valence-corrected chi connectivity index (χ0v) is 18.4. The van der Waals surface area contributed by atoms with Gasteiger partial charge in [-0.3, -0.25) is 19.5 Å². The molecular weight excluding hydrogens is 446 g/mol. The van der Waals surface area contributed by atoms with Crippen LogP contribution in [0.25, 0.3) is 10.2 Å². The van der Waals surface area contributed by atoms with Crippen LogP contribution >= 0.6 is 11.3 Å². The van der Waals surface area contributed by atoms with Crippen LogP contribution < -0.4 is 10.0 Å². The minimum absolute atomic E-state index is 0.0501. The van der Waals surface area contributed by atoms with Crippen molar-refractivity contribution in [2.75, 3.05) is 16.6 Å². The number of benzene rings is 1. The second-order valence-electron chi connectivity index (χ2n) is 7.54. The first-order valence-electron chi connectivity index (χ1n) is 9.99. The van der Waals surface area contributed by atoms with Gasteiger partial charge >= 0.3 is 0 Å². The normalized spacial score (nSPS) is 18.3. The summed E-state index contributed by atoms with van der Waals surface area (Å²) in [5, 5.41) is 4.03. The van der Waals surface area contributed by atoms with Crippen molar-refractivity contribution in [2.24, 2.45) is 5.92 Å². The van der Waals surface area contributed by atoms with Crippen LogP contribution in [-0.4, -0.2) is 35.7 Å². The van der Waals surface area contributed by atoms with Crippen LogP contribution in [0.1, 0.15) is 17.9 Å². The maximum Gasteiger partial charge on any atom is 0.261 e. The second-order valence-corrected chi connectivity index (χ2v) is 10.3. The SMILES string of the molecule is O=C1CC(c2ccc(S(=O)(=O)Nc3cccnc3)cc2)C1CNc1nc2ccncc2s1. The molecule has 8 nitrogen and oxygen atoms in total. The largest absolute Gasteiger partial charge is 0.361 e. The van der Waals surface area contributed by atoms with Gasteiger partial charge < -0.3 is 5.32 Å². The van der Waals surface area contributed by atoms with Gasteiger partial charge in [0, 0.05) is 43.4 Å². The maximum atomic E-state index is 12.6. The number of rotatable bonds is 7. The fourth-order valence-corrected chi connectivity index (χ4v) is 5.65. The van der Waals surface area contributed by atoms with E-state index in [1.165, 1.54) is 17.5 Å². The number of nitrogens with zero attached hydrogens (tertiary/aromatic N) is 3. The van der Waals surface area contributed by atoms with Gasteiger partial charge in [0.2, 0.25) is 0 Å². The molecule has 1 aliphatic rings. The van der Waals surface area contributed by atoms with Gasteiger partial charge in [-0.25, -0.2) is 13.4 Å². The highest BCUT2D eigenvalue weighted by atomic mass is 32.2. The predicted octanol–water partition coefficient (Wildman–Crippen LogP) is 3.67. The van der Waals surface area contributed by atoms with Gasteiger partial charge in [0.05, 0.1) is 27.0 Å². The van der Waals surface area contributed by atoms with E-state index in [9.17, 15) is 13.2 Å². The van der Waals surface area contributed by atoms with Crippen molar-refractivity contribution in [2.45, 2.75) is 17.2 Å². The molecule has 0 aliphatic heterocycles. The van der Waals surface area contributed by atoms with Crippen molar-refractivity contribution < 1.29 is 13.2 Å². The van der Waals surface area contributed by atoms with E-state index < -0.39 is 10.0 Å². The lowest BCUT2D eigenvalue weighted by molar-refractivity contribution is -0.130. The molecule has 2 atom stereocenters. The smallest absolute Gasteiger partial charge is 0.261 e. The topological polar surface area (TPSA) is 114 Å². The Labute approximate surface area is 188 Å². The Kier molecular flexibility index (Phi) is 5.32. The van der Waals surface area contributed by atoms with E-state index in [1.807, 2.05) is 6.07 Å². The van der Waals surface area contributed by atoms with Gasteiger partial charge in [0.25, 0.3) is 10.0 Å². The lowest BCUT2D eigenvalue weighted by Crippen LogP contribution is -2.40. The highest BCUT2D eigenvalue weighted by Gasteiger charge is 2.40. The minimum atomic E-state index is -3.71. The van der Waals surface area contributed by atoms with Crippen molar-refractivity contribution in [1.29, 1.82) is 0 Å². The number of anilines is 2. The summed E-state index contributed by atoms with van der Waals surface area (Å²) in [7, 11) is -3.71. The molecule has 0 spiro atoms. The Balaban J connectivity index is 1.26. The lowest BCUT2D eigenvalue weighted by Gasteiger charge is -2.35. The average molecular weight is 466 g/mol. The summed E-state index contributed by atoms with van der Waals surface area (Å²) in [6, 6.07) is 11.9. The summed E-state index contributed by atoms with van der Waals surface area (Å²) in [5.41, 5.74) is 2.23. The number of hydrogen-bond donors (Lipinski definition) is 2. The molecule has 3 aromatic heterocycles. The number of ketones is 1. The van der Waals surface area contributed by atoms with Gasteiger partial charge in [0.1, 0.15) is 5.78 Å². The maximum absolute atomic E-state index is 12.6. The number of nitrogens with one attached hydrogen (secondary N) is 2. The Morgan fingerprint density at radius 3 is 2.56 bits per heavy atom. The third-order valence-corrected chi connectivity index (χ3v) is 7.88. The van der Waals surface area contributed by atoms with Crippen LogP contribution in [0.2, 0.25) is 0 Å². The first-order valence-corrected chi connectivity index (χ1v) is 12.3. The van der Waals surface area contributed by atoms with Gasteiger partial charge in [-0.2, -0.15) is 0 Å². The van der Waals surface area contributed by atoms with E-state index in [0.717, 1.165) is 20.9 Å². The van der Waals surface area contributed by atoms with Crippen LogP contribution in [0.15, 0.2) is 72.1 Å². The summed E-state index contributed by atoms with van der Waals surface area (Å²) in [6.07, 6.45) is 6.95. The quantitative estimate of drug-likeness (QED) is 0.428. The highest BCUT2D eigenvalue weighted by molar-refractivity contribution is 7.92. The van der Waals surface area contributed by atoms with E-state index in [0.29, 0.717) is 18.7 Å². The number of pyridine rings is 2. The summed E-state index contributed by atoms with van der Waals surface area (Å²) < 4.78 is 28.7. The van der Waals surface area contributed by atoms with Crippen molar-refractivity contribution >= 4 is 48.2 Å². The molecule has 2 unspecified atom stereocenters. The van der Waals surface area contributed by atoms with Gasteiger partial charge in [-0.1, -0.05) is 23.5 Å². The molecule has 0 amide bonds. The number of thiazole rings is 1. The molecule has 1 fully saturated rings. The highest BCUT2D eigenvalue weighted by Crippen LogP contribution is 2.40. The van der Waals surface area contributed by atoms with E-state index in [2.05, 4.69) is 25.0 Å². The molecule has 0 radical (unpaired) electrons. The molecule has 0 bridgehead atoms. The summed E-state index contributed by atoms with van der Waals surface area (Å²) >= 11 is 1.50. The van der Waals surface area contributed by atoms with E-state index in [4.69, 9.17) is 0 Å². The molecule has 2 N–H and O–H groups in total. The fourth-order valence-electron chi connectivity index (χ4n) is 3.76. The van der Waals surface area contributed by atoms with E-state index in [1.54, 1.807) is 55.0 Å². The molecule has 32 heavy (non-hydrogen) atoms. The molecular formula is C22H19N5O3S2. The van der Waals surface area contributed by atoms with Crippen molar-refractivity contribution in [3.8, 4) is 0 Å². The molecule has 5 rings (SSSR count). The molecule has 1 saturated carbocycles.